The first-order valence-corrected chi connectivity index (χ1v) is 7.18. The zero-order chi connectivity index (χ0) is 14.7. The third-order valence-electron chi connectivity index (χ3n) is 2.84. The van der Waals surface area contributed by atoms with E-state index in [4.69, 9.17) is 16.3 Å². The van der Waals surface area contributed by atoms with Gasteiger partial charge in [-0.15, -0.1) is 0 Å². The van der Waals surface area contributed by atoms with Crippen LogP contribution in [0.4, 0.5) is 4.39 Å². The second-order valence-corrected chi connectivity index (χ2v) is 5.71. The maximum Gasteiger partial charge on any atom is 0.165 e. The molecule has 0 fully saturated rings. The van der Waals surface area contributed by atoms with Gasteiger partial charge >= 0.3 is 0 Å². The quantitative estimate of drug-likeness (QED) is 0.843. The summed E-state index contributed by atoms with van der Waals surface area (Å²) in [6.45, 7) is 1.76. The largest absolute Gasteiger partial charge is 0.486 e. The van der Waals surface area contributed by atoms with Gasteiger partial charge in [0.15, 0.2) is 11.6 Å². The summed E-state index contributed by atoms with van der Waals surface area (Å²) < 4.78 is 20.1. The standard InChI is InChI=1S/C15H13BrClFO2/c1-9(19)10-3-5-15(14(18)6-10)20-8-11-2-4-12(16)7-13(11)17/h2-7,9,19H,8H2,1H3. The molecule has 2 rings (SSSR count). The van der Waals surface area contributed by atoms with E-state index in [1.807, 2.05) is 12.1 Å². The molecule has 0 bridgehead atoms. The van der Waals surface area contributed by atoms with E-state index in [2.05, 4.69) is 15.9 Å². The summed E-state index contributed by atoms with van der Waals surface area (Å²) in [5.74, 6) is -0.370. The molecule has 0 aliphatic heterocycles. The lowest BCUT2D eigenvalue weighted by molar-refractivity contribution is 0.198. The molecule has 0 aromatic heterocycles. The highest BCUT2D eigenvalue weighted by Gasteiger charge is 2.09. The summed E-state index contributed by atoms with van der Waals surface area (Å²) in [5, 5.41) is 9.94. The second-order valence-electron chi connectivity index (χ2n) is 4.39. The second kappa shape index (κ2) is 6.57. The number of rotatable bonds is 4. The van der Waals surface area contributed by atoms with Crippen molar-refractivity contribution in [2.75, 3.05) is 0 Å². The van der Waals surface area contributed by atoms with Crippen LogP contribution in [0.25, 0.3) is 0 Å². The number of aliphatic hydroxyl groups is 1. The maximum atomic E-state index is 13.8. The summed E-state index contributed by atoms with van der Waals surface area (Å²) in [6.07, 6.45) is -0.709. The van der Waals surface area contributed by atoms with Crippen LogP contribution in [0.1, 0.15) is 24.2 Å². The van der Waals surface area contributed by atoms with Crippen LogP contribution in [0, 0.1) is 5.82 Å². The van der Waals surface area contributed by atoms with Gasteiger partial charge in [-0.3, -0.25) is 0 Å². The van der Waals surface area contributed by atoms with Crippen LogP contribution in [0.15, 0.2) is 40.9 Å². The third-order valence-corrected chi connectivity index (χ3v) is 3.68. The van der Waals surface area contributed by atoms with Gasteiger partial charge in [-0.05, 0) is 36.8 Å². The van der Waals surface area contributed by atoms with Gasteiger partial charge in [-0.25, -0.2) is 4.39 Å². The molecule has 0 aliphatic carbocycles. The first-order chi connectivity index (χ1) is 9.47. The molecule has 0 amide bonds. The van der Waals surface area contributed by atoms with Crippen molar-refractivity contribution in [2.45, 2.75) is 19.6 Å². The average Bonchev–Trinajstić information content (AvgIpc) is 2.38. The summed E-state index contributed by atoms with van der Waals surface area (Å²) in [7, 11) is 0. The molecular weight excluding hydrogens is 347 g/mol. The molecule has 2 aromatic carbocycles. The number of hydrogen-bond donors (Lipinski definition) is 1. The van der Waals surface area contributed by atoms with Gasteiger partial charge in [-0.1, -0.05) is 39.7 Å². The molecule has 2 aromatic rings. The Labute approximate surface area is 130 Å². The Bertz CT molecular complexity index is 617. The van der Waals surface area contributed by atoms with Crippen molar-refractivity contribution in [3.63, 3.8) is 0 Å². The van der Waals surface area contributed by atoms with Gasteiger partial charge in [0.05, 0.1) is 6.10 Å². The lowest BCUT2D eigenvalue weighted by Crippen LogP contribution is -2.00. The molecule has 0 spiro atoms. The predicted molar refractivity (Wildman–Crippen MR) is 80.5 cm³/mol. The van der Waals surface area contributed by atoms with Gasteiger partial charge in [-0.2, -0.15) is 0 Å². The van der Waals surface area contributed by atoms with Gasteiger partial charge < -0.3 is 9.84 Å². The minimum Gasteiger partial charge on any atom is -0.486 e. The van der Waals surface area contributed by atoms with Crippen molar-refractivity contribution in [3.8, 4) is 5.75 Å². The van der Waals surface area contributed by atoms with E-state index < -0.39 is 11.9 Å². The number of hydrogen-bond acceptors (Lipinski definition) is 2. The van der Waals surface area contributed by atoms with Crippen molar-refractivity contribution in [1.29, 1.82) is 0 Å². The molecule has 1 unspecified atom stereocenters. The summed E-state index contributed by atoms with van der Waals surface area (Å²) in [4.78, 5) is 0. The number of aliphatic hydroxyl groups excluding tert-OH is 1. The fourth-order valence-corrected chi connectivity index (χ4v) is 2.42. The molecule has 0 saturated carbocycles. The zero-order valence-electron chi connectivity index (χ0n) is 10.7. The normalized spacial score (nSPS) is 12.2. The predicted octanol–water partition coefficient (Wildman–Crippen LogP) is 4.87. The number of ether oxygens (including phenoxy) is 1. The number of benzene rings is 2. The van der Waals surface area contributed by atoms with E-state index in [9.17, 15) is 9.50 Å². The van der Waals surface area contributed by atoms with Gasteiger partial charge in [0, 0.05) is 15.1 Å². The van der Waals surface area contributed by atoms with Crippen LogP contribution in [-0.4, -0.2) is 5.11 Å². The molecule has 1 N–H and O–H groups in total. The minimum absolute atomic E-state index is 0.133. The lowest BCUT2D eigenvalue weighted by Gasteiger charge is -2.11. The molecule has 106 valence electrons. The third kappa shape index (κ3) is 3.72. The molecule has 0 radical (unpaired) electrons. The van der Waals surface area contributed by atoms with E-state index in [1.54, 1.807) is 19.1 Å². The highest BCUT2D eigenvalue weighted by Crippen LogP contribution is 2.25. The summed E-state index contributed by atoms with van der Waals surface area (Å²) >= 11 is 9.38. The van der Waals surface area contributed by atoms with E-state index in [1.165, 1.54) is 12.1 Å². The Kier molecular flexibility index (Phi) is 5.02. The van der Waals surface area contributed by atoms with E-state index in [-0.39, 0.29) is 12.4 Å². The van der Waals surface area contributed by atoms with Gasteiger partial charge in [0.25, 0.3) is 0 Å². The molecule has 20 heavy (non-hydrogen) atoms. The Morgan fingerprint density at radius 3 is 2.65 bits per heavy atom. The van der Waals surface area contributed by atoms with Crippen LogP contribution < -0.4 is 4.74 Å². The number of halogens is 3. The fraction of sp³-hybridized carbons (Fsp3) is 0.200. The molecule has 0 heterocycles. The fourth-order valence-electron chi connectivity index (χ4n) is 1.69. The minimum atomic E-state index is -0.709. The highest BCUT2D eigenvalue weighted by atomic mass is 79.9. The molecule has 5 heteroatoms. The Hall–Kier alpha value is -1.10. The zero-order valence-corrected chi connectivity index (χ0v) is 13.1. The lowest BCUT2D eigenvalue weighted by atomic mass is 10.1. The summed E-state index contributed by atoms with van der Waals surface area (Å²) in [6, 6.07) is 9.82. The average molecular weight is 360 g/mol. The van der Waals surface area contributed by atoms with Crippen LogP contribution in [-0.2, 0) is 6.61 Å². The van der Waals surface area contributed by atoms with Crippen molar-refractivity contribution >= 4 is 27.5 Å². The van der Waals surface area contributed by atoms with E-state index in [0.29, 0.717) is 10.6 Å². The van der Waals surface area contributed by atoms with Crippen molar-refractivity contribution in [3.05, 3.63) is 62.8 Å². The van der Waals surface area contributed by atoms with E-state index >= 15 is 0 Å². The Morgan fingerprint density at radius 1 is 1.30 bits per heavy atom. The SMILES string of the molecule is CC(O)c1ccc(OCc2ccc(Br)cc2Cl)c(F)c1. The van der Waals surface area contributed by atoms with Gasteiger partial charge in [0.1, 0.15) is 6.61 Å². The molecule has 0 aliphatic rings. The maximum absolute atomic E-state index is 13.8. The first kappa shape index (κ1) is 15.3. The highest BCUT2D eigenvalue weighted by molar-refractivity contribution is 9.10. The van der Waals surface area contributed by atoms with Crippen molar-refractivity contribution in [1.82, 2.24) is 0 Å². The first-order valence-electron chi connectivity index (χ1n) is 6.01. The smallest absolute Gasteiger partial charge is 0.165 e. The monoisotopic (exact) mass is 358 g/mol. The molecule has 2 nitrogen and oxygen atoms in total. The Balaban J connectivity index is 2.11. The van der Waals surface area contributed by atoms with E-state index in [0.717, 1.165) is 10.0 Å². The van der Waals surface area contributed by atoms with Crippen molar-refractivity contribution in [2.24, 2.45) is 0 Å². The Morgan fingerprint density at radius 2 is 2.05 bits per heavy atom. The topological polar surface area (TPSA) is 29.5 Å². The molecular formula is C15H13BrClFO2. The van der Waals surface area contributed by atoms with Crippen LogP contribution >= 0.6 is 27.5 Å². The van der Waals surface area contributed by atoms with Crippen LogP contribution in [0.2, 0.25) is 5.02 Å². The van der Waals surface area contributed by atoms with Gasteiger partial charge in [0.2, 0.25) is 0 Å². The summed E-state index contributed by atoms with van der Waals surface area (Å²) in [5.41, 5.74) is 1.28. The molecule has 1 atom stereocenters. The van der Waals surface area contributed by atoms with Crippen LogP contribution in [0.3, 0.4) is 0 Å². The van der Waals surface area contributed by atoms with Crippen LogP contribution in [0.5, 0.6) is 5.75 Å². The van der Waals surface area contributed by atoms with Crippen molar-refractivity contribution < 1.29 is 14.2 Å². The molecule has 0 saturated heterocycles.